The number of hydrogen-bond donors (Lipinski definition) is 0. The molecule has 0 fully saturated rings. The van der Waals surface area contributed by atoms with Crippen LogP contribution in [0.15, 0.2) is 65.5 Å². The van der Waals surface area contributed by atoms with E-state index in [-0.39, 0.29) is 12.3 Å². The number of esters is 1. The second-order valence-corrected chi connectivity index (χ2v) is 7.09. The second kappa shape index (κ2) is 8.84. The first kappa shape index (κ1) is 21.0. The third-order valence-corrected chi connectivity index (χ3v) is 5.03. The molecule has 9 heteroatoms. The number of ether oxygens (including phenoxy) is 2. The predicted molar refractivity (Wildman–Crippen MR) is 117 cm³/mol. The molecule has 0 saturated heterocycles. The van der Waals surface area contributed by atoms with Gasteiger partial charge in [0.25, 0.3) is 0 Å². The standard InChI is InChI=1S/C23H21N5O4/c1-15-6-4-8-20(28-23(30)27(2)25-26-28)18(15)14-32-21-9-5-7-19(24-21)16-10-12-17(13-11-16)22(29)31-3/h4-13H,14H2,1-3H3. The van der Waals surface area contributed by atoms with Crippen LogP contribution in [-0.2, 0) is 18.4 Å². The number of benzene rings is 2. The third-order valence-electron chi connectivity index (χ3n) is 5.03. The maximum Gasteiger partial charge on any atom is 0.368 e. The highest BCUT2D eigenvalue weighted by Gasteiger charge is 2.14. The minimum absolute atomic E-state index is 0.197. The molecule has 0 spiro atoms. The molecule has 4 rings (SSSR count). The number of nitrogens with zero attached hydrogens (tertiary/aromatic N) is 5. The van der Waals surface area contributed by atoms with Crippen molar-refractivity contribution in [2.24, 2.45) is 7.05 Å². The van der Waals surface area contributed by atoms with E-state index in [1.807, 2.05) is 31.2 Å². The fourth-order valence-corrected chi connectivity index (χ4v) is 3.23. The van der Waals surface area contributed by atoms with Crippen molar-refractivity contribution in [3.05, 3.63) is 87.8 Å². The lowest BCUT2D eigenvalue weighted by Gasteiger charge is -2.13. The van der Waals surface area contributed by atoms with Gasteiger partial charge in [-0.25, -0.2) is 14.6 Å². The Labute approximate surface area is 183 Å². The fraction of sp³-hybridized carbons (Fsp3) is 0.174. The zero-order valence-corrected chi connectivity index (χ0v) is 17.8. The zero-order valence-electron chi connectivity index (χ0n) is 17.8. The average molecular weight is 431 g/mol. The molecule has 162 valence electrons. The molecule has 0 saturated carbocycles. The van der Waals surface area contributed by atoms with Gasteiger partial charge in [0.05, 0.1) is 24.1 Å². The molecule has 0 aliphatic carbocycles. The smallest absolute Gasteiger partial charge is 0.368 e. The molecular formula is C23H21N5O4. The number of aryl methyl sites for hydroxylation is 2. The van der Waals surface area contributed by atoms with Crippen molar-refractivity contribution in [1.29, 1.82) is 0 Å². The summed E-state index contributed by atoms with van der Waals surface area (Å²) in [5.41, 5.74) is 4.04. The van der Waals surface area contributed by atoms with Gasteiger partial charge >= 0.3 is 11.7 Å². The minimum atomic E-state index is -0.391. The molecule has 0 aliphatic heterocycles. The zero-order chi connectivity index (χ0) is 22.7. The molecule has 0 unspecified atom stereocenters. The number of pyridine rings is 1. The van der Waals surface area contributed by atoms with E-state index in [1.54, 1.807) is 43.4 Å². The molecule has 0 aliphatic rings. The normalized spacial score (nSPS) is 10.7. The van der Waals surface area contributed by atoms with Gasteiger partial charge in [0.2, 0.25) is 5.88 Å². The molecular weight excluding hydrogens is 410 g/mol. The Kier molecular flexibility index (Phi) is 5.80. The molecule has 0 N–H and O–H groups in total. The largest absolute Gasteiger partial charge is 0.473 e. The lowest BCUT2D eigenvalue weighted by molar-refractivity contribution is 0.0600. The van der Waals surface area contributed by atoms with Crippen molar-refractivity contribution in [1.82, 2.24) is 24.8 Å². The van der Waals surface area contributed by atoms with Crippen LogP contribution in [0.4, 0.5) is 0 Å². The van der Waals surface area contributed by atoms with Gasteiger partial charge in [0, 0.05) is 24.2 Å². The molecule has 0 amide bonds. The van der Waals surface area contributed by atoms with Crippen molar-refractivity contribution in [3.8, 4) is 22.8 Å². The van der Waals surface area contributed by atoms with Crippen molar-refractivity contribution >= 4 is 5.97 Å². The summed E-state index contributed by atoms with van der Waals surface area (Å²) < 4.78 is 13.1. The van der Waals surface area contributed by atoms with E-state index in [0.29, 0.717) is 22.8 Å². The molecule has 32 heavy (non-hydrogen) atoms. The van der Waals surface area contributed by atoms with Crippen LogP contribution < -0.4 is 10.4 Å². The minimum Gasteiger partial charge on any atom is -0.473 e. The quantitative estimate of drug-likeness (QED) is 0.433. The second-order valence-electron chi connectivity index (χ2n) is 7.09. The fourth-order valence-electron chi connectivity index (χ4n) is 3.23. The Morgan fingerprint density at radius 3 is 2.44 bits per heavy atom. The van der Waals surface area contributed by atoms with Crippen LogP contribution >= 0.6 is 0 Å². The van der Waals surface area contributed by atoms with E-state index in [9.17, 15) is 9.59 Å². The summed E-state index contributed by atoms with van der Waals surface area (Å²) >= 11 is 0. The van der Waals surface area contributed by atoms with Crippen LogP contribution in [0.3, 0.4) is 0 Å². The molecule has 0 atom stereocenters. The van der Waals surface area contributed by atoms with E-state index in [4.69, 9.17) is 9.47 Å². The van der Waals surface area contributed by atoms with Crippen molar-refractivity contribution < 1.29 is 14.3 Å². The summed E-state index contributed by atoms with van der Waals surface area (Å²) in [6.45, 7) is 2.14. The number of aromatic nitrogens is 5. The molecule has 0 radical (unpaired) electrons. The van der Waals surface area contributed by atoms with Gasteiger partial charge < -0.3 is 9.47 Å². The van der Waals surface area contributed by atoms with Crippen LogP contribution in [0.25, 0.3) is 16.9 Å². The molecule has 2 aromatic carbocycles. The van der Waals surface area contributed by atoms with Gasteiger partial charge in [-0.1, -0.05) is 30.3 Å². The van der Waals surface area contributed by atoms with Crippen LogP contribution in [0.1, 0.15) is 21.5 Å². The first-order valence-corrected chi connectivity index (χ1v) is 9.84. The summed E-state index contributed by atoms with van der Waals surface area (Å²) in [5, 5.41) is 7.72. The maximum absolute atomic E-state index is 12.3. The van der Waals surface area contributed by atoms with E-state index < -0.39 is 5.97 Å². The predicted octanol–water partition coefficient (Wildman–Crippen LogP) is 2.70. The Balaban J connectivity index is 1.58. The van der Waals surface area contributed by atoms with Crippen LogP contribution in [0.2, 0.25) is 0 Å². The Hall–Kier alpha value is -4.27. The highest BCUT2D eigenvalue weighted by atomic mass is 16.5. The Morgan fingerprint density at radius 2 is 1.75 bits per heavy atom. The summed E-state index contributed by atoms with van der Waals surface area (Å²) in [6.07, 6.45) is 0. The highest BCUT2D eigenvalue weighted by molar-refractivity contribution is 5.89. The number of hydrogen-bond acceptors (Lipinski definition) is 7. The summed E-state index contributed by atoms with van der Waals surface area (Å²) in [4.78, 5) is 28.5. The van der Waals surface area contributed by atoms with Gasteiger partial charge in [-0.3, -0.25) is 0 Å². The summed E-state index contributed by atoms with van der Waals surface area (Å²) in [7, 11) is 2.89. The Bertz CT molecular complexity index is 1320. The van der Waals surface area contributed by atoms with Crippen molar-refractivity contribution in [3.63, 3.8) is 0 Å². The summed E-state index contributed by atoms with van der Waals surface area (Å²) in [6, 6.07) is 18.0. The number of rotatable bonds is 6. The average Bonchev–Trinajstić information content (AvgIpc) is 3.16. The first-order chi connectivity index (χ1) is 15.5. The molecule has 2 aromatic heterocycles. The third kappa shape index (κ3) is 4.13. The van der Waals surface area contributed by atoms with E-state index in [0.717, 1.165) is 16.7 Å². The molecule has 4 aromatic rings. The number of methoxy groups -OCH3 is 1. The summed E-state index contributed by atoms with van der Waals surface area (Å²) in [5.74, 6) is 0.0399. The maximum atomic E-state index is 12.3. The first-order valence-electron chi connectivity index (χ1n) is 9.84. The van der Waals surface area contributed by atoms with Gasteiger partial charge in [0.15, 0.2) is 0 Å². The molecule has 0 bridgehead atoms. The molecule has 9 nitrogen and oxygen atoms in total. The van der Waals surface area contributed by atoms with Crippen molar-refractivity contribution in [2.75, 3.05) is 7.11 Å². The van der Waals surface area contributed by atoms with Crippen LogP contribution in [0.5, 0.6) is 5.88 Å². The number of carbonyl (C=O) groups is 1. The number of carbonyl (C=O) groups excluding carboxylic acids is 1. The Morgan fingerprint density at radius 1 is 1.00 bits per heavy atom. The SMILES string of the molecule is COC(=O)c1ccc(-c2cccc(OCc3c(C)cccc3-n3nnn(C)c3=O)n2)cc1. The van der Waals surface area contributed by atoms with Gasteiger partial charge in [-0.15, -0.1) is 0 Å². The number of tetrazole rings is 1. The lowest BCUT2D eigenvalue weighted by Crippen LogP contribution is -2.23. The van der Waals surface area contributed by atoms with Crippen LogP contribution in [-0.4, -0.2) is 37.9 Å². The topological polar surface area (TPSA) is 101 Å². The van der Waals surface area contributed by atoms with Gasteiger partial charge in [-0.05, 0) is 47.2 Å². The van der Waals surface area contributed by atoms with Crippen molar-refractivity contribution in [2.45, 2.75) is 13.5 Å². The van der Waals surface area contributed by atoms with E-state index in [2.05, 4.69) is 15.4 Å². The monoisotopic (exact) mass is 431 g/mol. The van der Waals surface area contributed by atoms with E-state index in [1.165, 1.54) is 16.5 Å². The lowest BCUT2D eigenvalue weighted by atomic mass is 10.1. The highest BCUT2D eigenvalue weighted by Crippen LogP contribution is 2.23. The van der Waals surface area contributed by atoms with Gasteiger partial charge in [0.1, 0.15) is 6.61 Å². The van der Waals surface area contributed by atoms with Crippen LogP contribution in [0, 0.1) is 6.92 Å². The molecule has 2 heterocycles. The van der Waals surface area contributed by atoms with Gasteiger partial charge in [-0.2, -0.15) is 9.36 Å². The van der Waals surface area contributed by atoms with E-state index >= 15 is 0 Å².